The summed E-state index contributed by atoms with van der Waals surface area (Å²) in [6.07, 6.45) is 5.21. The van der Waals surface area contributed by atoms with E-state index in [0.717, 1.165) is 31.2 Å². The van der Waals surface area contributed by atoms with Crippen LogP contribution in [0.4, 0.5) is 0 Å². The van der Waals surface area contributed by atoms with Gasteiger partial charge in [0.1, 0.15) is 0 Å². The zero-order chi connectivity index (χ0) is 22.2. The van der Waals surface area contributed by atoms with Crippen molar-refractivity contribution in [1.29, 1.82) is 0 Å². The fraction of sp³-hybridized carbons (Fsp3) is 0.462. The Morgan fingerprint density at radius 1 is 1.03 bits per heavy atom. The second-order valence-corrected chi connectivity index (χ2v) is 8.68. The first-order chi connectivity index (χ1) is 14.9. The molecule has 1 unspecified atom stereocenters. The van der Waals surface area contributed by atoms with Crippen LogP contribution >= 0.6 is 0 Å². The monoisotopic (exact) mass is 423 g/mol. The van der Waals surface area contributed by atoms with Crippen molar-refractivity contribution >= 4 is 11.9 Å². The summed E-state index contributed by atoms with van der Waals surface area (Å²) in [5.74, 6) is -0.532. The third-order valence-corrected chi connectivity index (χ3v) is 6.48. The van der Waals surface area contributed by atoms with Gasteiger partial charge < -0.3 is 15.1 Å². The van der Waals surface area contributed by atoms with E-state index >= 15 is 0 Å². The Morgan fingerprint density at radius 3 is 2.39 bits per heavy atom. The molecule has 1 saturated heterocycles. The minimum atomic E-state index is -0.933. The molecule has 1 heterocycles. The summed E-state index contributed by atoms with van der Waals surface area (Å²) in [6, 6.07) is 17.4. The predicted octanol–water partition coefficient (Wildman–Crippen LogP) is 4.33. The fourth-order valence-corrected chi connectivity index (χ4v) is 4.34. The molecule has 2 aromatic carbocycles. The van der Waals surface area contributed by atoms with E-state index < -0.39 is 5.97 Å². The number of nitrogens with zero attached hydrogens (tertiary/aromatic N) is 1. The summed E-state index contributed by atoms with van der Waals surface area (Å²) >= 11 is 0. The highest BCUT2D eigenvalue weighted by Crippen LogP contribution is 2.26. The molecule has 0 saturated carbocycles. The van der Waals surface area contributed by atoms with Crippen molar-refractivity contribution in [3.63, 3.8) is 0 Å². The summed E-state index contributed by atoms with van der Waals surface area (Å²) < 4.78 is 0. The fourth-order valence-electron chi connectivity index (χ4n) is 4.34. The molecule has 1 amide bonds. The molecule has 1 fully saturated rings. The quantitative estimate of drug-likeness (QED) is 0.564. The molecule has 0 aliphatic carbocycles. The first-order valence-corrected chi connectivity index (χ1v) is 11.3. The van der Waals surface area contributed by atoms with Crippen LogP contribution < -0.4 is 0 Å². The van der Waals surface area contributed by atoms with E-state index in [4.69, 9.17) is 5.11 Å². The van der Waals surface area contributed by atoms with Crippen molar-refractivity contribution < 1.29 is 19.8 Å². The molecule has 0 bridgehead atoms. The highest BCUT2D eigenvalue weighted by molar-refractivity contribution is 5.87. The predicted molar refractivity (Wildman–Crippen MR) is 121 cm³/mol. The second-order valence-electron chi connectivity index (χ2n) is 8.68. The maximum atomic E-state index is 12.4. The van der Waals surface area contributed by atoms with Crippen LogP contribution in [0, 0.1) is 5.92 Å². The summed E-state index contributed by atoms with van der Waals surface area (Å²) in [5.41, 5.74) is 2.60. The van der Waals surface area contributed by atoms with Crippen molar-refractivity contribution in [2.24, 2.45) is 5.92 Å². The molecule has 0 radical (unpaired) electrons. The van der Waals surface area contributed by atoms with E-state index in [1.165, 1.54) is 5.56 Å². The molecule has 5 heteroatoms. The number of amides is 1. The zero-order valence-electron chi connectivity index (χ0n) is 18.2. The van der Waals surface area contributed by atoms with Gasteiger partial charge in [-0.3, -0.25) is 4.79 Å². The maximum Gasteiger partial charge on any atom is 0.335 e. The van der Waals surface area contributed by atoms with Gasteiger partial charge in [0.05, 0.1) is 11.7 Å². The second kappa shape index (κ2) is 11.1. The Labute approximate surface area is 184 Å². The zero-order valence-corrected chi connectivity index (χ0v) is 18.2. The van der Waals surface area contributed by atoms with Gasteiger partial charge in [-0.2, -0.15) is 0 Å². The number of benzene rings is 2. The number of carboxylic acids is 1. The van der Waals surface area contributed by atoms with E-state index in [0.29, 0.717) is 25.8 Å². The van der Waals surface area contributed by atoms with Gasteiger partial charge in [0, 0.05) is 19.0 Å². The van der Waals surface area contributed by atoms with Crippen LogP contribution in [0.5, 0.6) is 0 Å². The third-order valence-electron chi connectivity index (χ3n) is 6.48. The summed E-state index contributed by atoms with van der Waals surface area (Å²) in [5, 5.41) is 19.6. The van der Waals surface area contributed by atoms with E-state index in [1.54, 1.807) is 12.1 Å². The average Bonchev–Trinajstić information content (AvgIpc) is 3.14. The molecule has 0 aromatic heterocycles. The molecule has 166 valence electrons. The van der Waals surface area contributed by atoms with Crippen molar-refractivity contribution in [3.05, 3.63) is 71.3 Å². The Kier molecular flexibility index (Phi) is 8.24. The maximum absolute atomic E-state index is 12.4. The SMILES string of the molecule is C[C@@H](CCc1ccccc1)[C@H](O)CCC1CCC(=O)N1CCc1ccc(C(=O)O)cc1. The normalized spacial score (nSPS) is 18.2. The Morgan fingerprint density at radius 2 is 1.71 bits per heavy atom. The molecule has 1 aliphatic rings. The molecule has 1 aliphatic heterocycles. The standard InChI is InChI=1S/C26H33NO4/c1-19(7-8-20-5-3-2-4-6-20)24(28)15-13-23-14-16-25(29)27(23)18-17-21-9-11-22(12-10-21)26(30)31/h2-6,9-12,19,23-24,28H,7-8,13-18H2,1H3,(H,30,31)/t19-,23?,24+/m0/s1. The van der Waals surface area contributed by atoms with Crippen LogP contribution in [0.3, 0.4) is 0 Å². The van der Waals surface area contributed by atoms with Gasteiger partial charge in [0.2, 0.25) is 5.91 Å². The van der Waals surface area contributed by atoms with Crippen molar-refractivity contribution in [2.45, 2.75) is 64.0 Å². The Bertz CT molecular complexity index is 849. The van der Waals surface area contributed by atoms with Gasteiger partial charge >= 0.3 is 5.97 Å². The molecule has 2 N–H and O–H groups in total. The van der Waals surface area contributed by atoms with Gasteiger partial charge in [-0.1, -0.05) is 49.4 Å². The average molecular weight is 424 g/mol. The van der Waals surface area contributed by atoms with Gasteiger partial charge in [-0.15, -0.1) is 0 Å². The molecule has 3 atom stereocenters. The van der Waals surface area contributed by atoms with E-state index in [2.05, 4.69) is 19.1 Å². The summed E-state index contributed by atoms with van der Waals surface area (Å²) in [4.78, 5) is 25.3. The minimum absolute atomic E-state index is 0.179. The molecule has 0 spiro atoms. The molecule has 2 aromatic rings. The van der Waals surface area contributed by atoms with E-state index in [1.807, 2.05) is 35.2 Å². The molecular formula is C26H33NO4. The number of rotatable bonds is 11. The van der Waals surface area contributed by atoms with Crippen LogP contribution in [-0.4, -0.2) is 45.7 Å². The summed E-state index contributed by atoms with van der Waals surface area (Å²) in [7, 11) is 0. The number of aliphatic hydroxyl groups is 1. The lowest BCUT2D eigenvalue weighted by Crippen LogP contribution is -2.35. The number of hydrogen-bond acceptors (Lipinski definition) is 3. The molecule has 31 heavy (non-hydrogen) atoms. The number of hydrogen-bond donors (Lipinski definition) is 2. The largest absolute Gasteiger partial charge is 0.478 e. The number of carbonyl (C=O) groups excluding carboxylic acids is 1. The number of aromatic carboxylic acids is 1. The van der Waals surface area contributed by atoms with Crippen LogP contribution in [0.2, 0.25) is 0 Å². The summed E-state index contributed by atoms with van der Waals surface area (Å²) in [6.45, 7) is 2.74. The number of carbonyl (C=O) groups is 2. The van der Waals surface area contributed by atoms with E-state index in [9.17, 15) is 14.7 Å². The van der Waals surface area contributed by atoms with Crippen LogP contribution in [0.1, 0.15) is 60.5 Å². The lowest BCUT2D eigenvalue weighted by molar-refractivity contribution is -0.129. The number of likely N-dealkylation sites (tertiary alicyclic amines) is 1. The van der Waals surface area contributed by atoms with Crippen LogP contribution in [-0.2, 0) is 17.6 Å². The molecule has 3 rings (SSSR count). The van der Waals surface area contributed by atoms with Gasteiger partial charge in [-0.25, -0.2) is 4.79 Å². The lowest BCUT2D eigenvalue weighted by Gasteiger charge is -2.27. The minimum Gasteiger partial charge on any atom is -0.478 e. The van der Waals surface area contributed by atoms with Crippen molar-refractivity contribution in [1.82, 2.24) is 4.90 Å². The lowest BCUT2D eigenvalue weighted by atomic mass is 9.92. The highest BCUT2D eigenvalue weighted by atomic mass is 16.4. The Balaban J connectivity index is 1.45. The van der Waals surface area contributed by atoms with Crippen molar-refractivity contribution in [3.8, 4) is 0 Å². The third kappa shape index (κ3) is 6.66. The first kappa shape index (κ1) is 23.0. The number of aryl methyl sites for hydroxylation is 1. The molecular weight excluding hydrogens is 390 g/mol. The van der Waals surface area contributed by atoms with Crippen LogP contribution in [0.15, 0.2) is 54.6 Å². The Hall–Kier alpha value is -2.66. The smallest absolute Gasteiger partial charge is 0.335 e. The number of carboxylic acid groups (broad SMARTS) is 1. The van der Waals surface area contributed by atoms with Crippen LogP contribution in [0.25, 0.3) is 0 Å². The number of aliphatic hydroxyl groups excluding tert-OH is 1. The van der Waals surface area contributed by atoms with Crippen molar-refractivity contribution in [2.75, 3.05) is 6.54 Å². The van der Waals surface area contributed by atoms with Gasteiger partial charge in [-0.05, 0) is 67.7 Å². The topological polar surface area (TPSA) is 77.8 Å². The van der Waals surface area contributed by atoms with Gasteiger partial charge in [0.25, 0.3) is 0 Å². The highest BCUT2D eigenvalue weighted by Gasteiger charge is 2.31. The first-order valence-electron chi connectivity index (χ1n) is 11.3. The van der Waals surface area contributed by atoms with Gasteiger partial charge in [0.15, 0.2) is 0 Å². The molecule has 5 nitrogen and oxygen atoms in total. The van der Waals surface area contributed by atoms with E-state index in [-0.39, 0.29) is 29.5 Å².